The fraction of sp³-hybridized carbons (Fsp3) is 0.333. The topological polar surface area (TPSA) is 110 Å². The van der Waals surface area contributed by atoms with Crippen molar-refractivity contribution in [3.05, 3.63) is 52.6 Å². The predicted molar refractivity (Wildman–Crippen MR) is 127 cm³/mol. The minimum atomic E-state index is -4.81. The van der Waals surface area contributed by atoms with E-state index in [4.69, 9.17) is 16.0 Å². The summed E-state index contributed by atoms with van der Waals surface area (Å²) in [6, 6.07) is 5.38. The van der Waals surface area contributed by atoms with Crippen LogP contribution < -0.4 is 20.3 Å². The van der Waals surface area contributed by atoms with Crippen LogP contribution in [0.3, 0.4) is 0 Å². The van der Waals surface area contributed by atoms with Gasteiger partial charge in [0.25, 0.3) is 0 Å². The lowest BCUT2D eigenvalue weighted by Crippen LogP contribution is -2.62. The Balaban J connectivity index is 1.25. The molecule has 206 valence electrons. The summed E-state index contributed by atoms with van der Waals surface area (Å²) < 4.78 is 76.5. The number of hydrogen-bond acceptors (Lipinski definition) is 8. The first-order valence-electron chi connectivity index (χ1n) is 11.6. The molecular weight excluding hydrogens is 553 g/mol. The third-order valence-electron chi connectivity index (χ3n) is 6.61. The van der Waals surface area contributed by atoms with Gasteiger partial charge in [0, 0.05) is 30.1 Å². The minimum Gasteiger partial charge on any atom is -0.406 e. The number of piperidine rings is 1. The van der Waals surface area contributed by atoms with Gasteiger partial charge in [0.15, 0.2) is 5.82 Å². The first-order chi connectivity index (χ1) is 18.4. The number of nitrogens with one attached hydrogen (secondary N) is 2. The molecule has 0 saturated carbocycles. The number of carbonyl (C=O) groups excluding carboxylic acids is 2. The summed E-state index contributed by atoms with van der Waals surface area (Å²) in [7, 11) is 0. The van der Waals surface area contributed by atoms with E-state index in [1.165, 1.54) is 12.1 Å². The number of benzene rings is 2. The van der Waals surface area contributed by atoms with Gasteiger partial charge in [-0.05, 0) is 43.7 Å². The lowest BCUT2D eigenvalue weighted by Gasteiger charge is -2.48. The number of hydrogen-bond donors (Lipinski definition) is 2. The molecule has 0 bridgehead atoms. The fourth-order valence-corrected chi connectivity index (χ4v) is 4.81. The highest BCUT2D eigenvalue weighted by Crippen LogP contribution is 2.41. The summed E-state index contributed by atoms with van der Waals surface area (Å²) in [6.45, 7) is 2.04. The Morgan fingerprint density at radius 3 is 2.54 bits per heavy atom. The van der Waals surface area contributed by atoms with Crippen LogP contribution in [-0.4, -0.2) is 47.0 Å². The zero-order valence-electron chi connectivity index (χ0n) is 20.0. The van der Waals surface area contributed by atoms with Crippen LogP contribution in [0.15, 0.2) is 34.7 Å². The Labute approximate surface area is 222 Å². The van der Waals surface area contributed by atoms with Crippen LogP contribution in [0.1, 0.15) is 31.2 Å². The average molecular weight is 572 g/mol. The number of carbonyl (C=O) groups is 2. The SMILES string of the molecule is C[C@@H]1[C@@H](Nc2nnc(-c3ccc(OC(F)(F)F)cc3)o2)CN1c1cc(F)c(C2CCC(=O)NC2=O)c(F)c1Cl. The number of alkyl halides is 3. The molecule has 5 rings (SSSR count). The van der Waals surface area contributed by atoms with Crippen LogP contribution in [0.5, 0.6) is 5.75 Å². The van der Waals surface area contributed by atoms with Crippen LogP contribution in [0.4, 0.5) is 33.7 Å². The number of anilines is 2. The van der Waals surface area contributed by atoms with E-state index in [1.54, 1.807) is 11.8 Å². The summed E-state index contributed by atoms with van der Waals surface area (Å²) in [5.74, 6) is -4.80. The molecule has 0 aliphatic carbocycles. The van der Waals surface area contributed by atoms with Crippen molar-refractivity contribution in [1.82, 2.24) is 15.5 Å². The van der Waals surface area contributed by atoms with E-state index in [1.807, 2.05) is 0 Å². The van der Waals surface area contributed by atoms with Crippen LogP contribution in [0, 0.1) is 11.6 Å². The Morgan fingerprint density at radius 1 is 1.18 bits per heavy atom. The first kappa shape index (κ1) is 26.7. The van der Waals surface area contributed by atoms with Gasteiger partial charge in [0.1, 0.15) is 16.6 Å². The molecule has 1 aromatic heterocycles. The lowest BCUT2D eigenvalue weighted by atomic mass is 9.88. The maximum absolute atomic E-state index is 15.2. The smallest absolute Gasteiger partial charge is 0.406 e. The Hall–Kier alpha value is -3.94. The minimum absolute atomic E-state index is 0.0298. The second-order valence-electron chi connectivity index (χ2n) is 9.05. The highest BCUT2D eigenvalue weighted by molar-refractivity contribution is 6.33. The van der Waals surface area contributed by atoms with Gasteiger partial charge in [0.2, 0.25) is 17.7 Å². The molecule has 39 heavy (non-hydrogen) atoms. The van der Waals surface area contributed by atoms with Crippen molar-refractivity contribution in [1.29, 1.82) is 0 Å². The van der Waals surface area contributed by atoms with Gasteiger partial charge in [0.05, 0.1) is 17.6 Å². The first-order valence-corrected chi connectivity index (χ1v) is 12.0. The quantitative estimate of drug-likeness (QED) is 0.247. The molecule has 0 radical (unpaired) electrons. The van der Waals surface area contributed by atoms with Crippen molar-refractivity contribution < 1.29 is 40.7 Å². The van der Waals surface area contributed by atoms with Crippen molar-refractivity contribution >= 4 is 35.1 Å². The van der Waals surface area contributed by atoms with E-state index >= 15 is 8.78 Å². The number of nitrogens with zero attached hydrogens (tertiary/aromatic N) is 3. The molecule has 2 fully saturated rings. The van der Waals surface area contributed by atoms with Gasteiger partial charge in [-0.1, -0.05) is 16.7 Å². The molecule has 3 atom stereocenters. The maximum Gasteiger partial charge on any atom is 0.573 e. The monoisotopic (exact) mass is 571 g/mol. The molecule has 9 nitrogen and oxygen atoms in total. The van der Waals surface area contributed by atoms with Crippen molar-refractivity contribution in [2.45, 2.75) is 44.1 Å². The molecule has 2 aromatic carbocycles. The molecule has 2 aliphatic rings. The number of amides is 2. The van der Waals surface area contributed by atoms with Gasteiger partial charge in [-0.15, -0.1) is 18.3 Å². The number of rotatable bonds is 6. The molecule has 15 heteroatoms. The van der Waals surface area contributed by atoms with Crippen LogP contribution in [0.25, 0.3) is 11.5 Å². The van der Waals surface area contributed by atoms with Crippen molar-refractivity contribution in [2.24, 2.45) is 0 Å². The molecule has 3 aromatic rings. The Bertz CT molecular complexity index is 1430. The van der Waals surface area contributed by atoms with E-state index in [0.29, 0.717) is 5.56 Å². The summed E-state index contributed by atoms with van der Waals surface area (Å²) in [5, 5.41) is 12.5. The Kier molecular flexibility index (Phi) is 6.83. The summed E-state index contributed by atoms with van der Waals surface area (Å²) in [5.41, 5.74) is -0.0177. The molecule has 2 amide bonds. The second-order valence-corrected chi connectivity index (χ2v) is 9.43. The van der Waals surface area contributed by atoms with E-state index in [2.05, 4.69) is 25.6 Å². The molecule has 2 N–H and O–H groups in total. The van der Waals surface area contributed by atoms with E-state index in [0.717, 1.165) is 18.2 Å². The molecule has 0 spiro atoms. The second kappa shape index (κ2) is 9.98. The van der Waals surface area contributed by atoms with Crippen LogP contribution in [0.2, 0.25) is 5.02 Å². The van der Waals surface area contributed by atoms with Gasteiger partial charge in [-0.2, -0.15) is 0 Å². The number of ether oxygens (including phenoxy) is 1. The average Bonchev–Trinajstić information content (AvgIpc) is 3.33. The molecule has 2 saturated heterocycles. The highest BCUT2D eigenvalue weighted by atomic mass is 35.5. The van der Waals surface area contributed by atoms with E-state index < -0.39 is 47.0 Å². The molecule has 1 unspecified atom stereocenters. The standard InChI is InChI=1S/C24H19ClF5N5O4/c1-10-15(31-23-34-33-22(38-23)11-2-4-12(5-3-11)39-24(28,29)30)9-35(10)16-8-14(26)18(20(27)19(16)25)13-6-7-17(36)32-21(13)37/h2-5,8,10,13,15H,6-7,9H2,1H3,(H,31,34)(H,32,36,37)/t10-,13?,15+/m1/s1. The van der Waals surface area contributed by atoms with E-state index in [-0.39, 0.29) is 54.1 Å². The molecular formula is C24H19ClF5N5O4. The summed E-state index contributed by atoms with van der Waals surface area (Å²) in [4.78, 5) is 25.2. The fourth-order valence-electron chi connectivity index (χ4n) is 4.54. The third-order valence-corrected chi connectivity index (χ3v) is 6.97. The zero-order valence-corrected chi connectivity index (χ0v) is 20.7. The molecule has 3 heterocycles. The number of aromatic nitrogens is 2. The number of halogens is 6. The third kappa shape index (κ3) is 5.33. The number of imide groups is 1. The normalized spacial score (nSPS) is 21.4. The highest BCUT2D eigenvalue weighted by Gasteiger charge is 2.40. The summed E-state index contributed by atoms with van der Waals surface area (Å²) in [6.07, 6.45) is -4.88. The largest absolute Gasteiger partial charge is 0.573 e. The van der Waals surface area contributed by atoms with Gasteiger partial charge in [-0.3, -0.25) is 14.9 Å². The zero-order chi connectivity index (χ0) is 28.1. The van der Waals surface area contributed by atoms with Crippen molar-refractivity contribution in [2.75, 3.05) is 16.8 Å². The summed E-state index contributed by atoms with van der Waals surface area (Å²) >= 11 is 6.25. The lowest BCUT2D eigenvalue weighted by molar-refractivity contribution is -0.274. The van der Waals surface area contributed by atoms with Crippen molar-refractivity contribution in [3.63, 3.8) is 0 Å². The van der Waals surface area contributed by atoms with Gasteiger partial charge >= 0.3 is 12.4 Å². The van der Waals surface area contributed by atoms with Crippen molar-refractivity contribution in [3.8, 4) is 17.2 Å². The van der Waals surface area contributed by atoms with Gasteiger partial charge in [-0.25, -0.2) is 8.78 Å². The van der Waals surface area contributed by atoms with E-state index in [9.17, 15) is 22.8 Å². The van der Waals surface area contributed by atoms with Crippen LogP contribution in [-0.2, 0) is 9.59 Å². The van der Waals surface area contributed by atoms with Gasteiger partial charge < -0.3 is 19.4 Å². The predicted octanol–water partition coefficient (Wildman–Crippen LogP) is 4.78. The Morgan fingerprint density at radius 2 is 1.90 bits per heavy atom. The molecule has 2 aliphatic heterocycles. The van der Waals surface area contributed by atoms with Crippen LogP contribution >= 0.6 is 11.6 Å². The maximum atomic E-state index is 15.2.